The van der Waals surface area contributed by atoms with Gasteiger partial charge in [0.1, 0.15) is 6.10 Å². The third-order valence-corrected chi connectivity index (χ3v) is 4.86. The zero-order valence-electron chi connectivity index (χ0n) is 14.0. The molecule has 0 aliphatic carbocycles. The number of morpholine rings is 1. The van der Waals surface area contributed by atoms with E-state index in [1.807, 2.05) is 53.9 Å². The Morgan fingerprint density at radius 2 is 2.21 bits per heavy atom. The Labute approximate surface area is 147 Å². The molecular weight excluding hydrogens is 326 g/mol. The van der Waals surface area contributed by atoms with E-state index < -0.39 is 0 Å². The molecule has 128 valence electrons. The third-order valence-electron chi connectivity index (χ3n) is 4.52. The highest BCUT2D eigenvalue weighted by atomic mass is 35.5. The van der Waals surface area contributed by atoms with E-state index >= 15 is 0 Å². The predicted octanol–water partition coefficient (Wildman–Crippen LogP) is 2.99. The number of imidazole rings is 1. The number of hydrogen-bond acceptors (Lipinski definition) is 3. The van der Waals surface area contributed by atoms with Crippen LogP contribution in [0.1, 0.15) is 30.7 Å². The van der Waals surface area contributed by atoms with Gasteiger partial charge in [0.2, 0.25) is 5.91 Å². The van der Waals surface area contributed by atoms with Crippen molar-refractivity contribution in [1.82, 2.24) is 14.5 Å². The third kappa shape index (κ3) is 3.62. The Morgan fingerprint density at radius 1 is 1.42 bits per heavy atom. The van der Waals surface area contributed by atoms with Gasteiger partial charge in [-0.2, -0.15) is 0 Å². The summed E-state index contributed by atoms with van der Waals surface area (Å²) in [5.41, 5.74) is 2.00. The molecule has 2 atom stereocenters. The molecule has 3 rings (SSSR count). The predicted molar refractivity (Wildman–Crippen MR) is 92.8 cm³/mol. The number of aryl methyl sites for hydroxylation is 2. The molecule has 2 heterocycles. The number of carbonyl (C=O) groups excluding carboxylic acids is 1. The monoisotopic (exact) mass is 347 g/mol. The lowest BCUT2D eigenvalue weighted by molar-refractivity contribution is -0.144. The van der Waals surface area contributed by atoms with E-state index in [2.05, 4.69) is 4.98 Å². The number of ether oxygens (including phenoxy) is 1. The molecule has 0 radical (unpaired) electrons. The van der Waals surface area contributed by atoms with Gasteiger partial charge in [-0.1, -0.05) is 29.8 Å². The van der Waals surface area contributed by atoms with Crippen molar-refractivity contribution in [3.63, 3.8) is 0 Å². The lowest BCUT2D eigenvalue weighted by Gasteiger charge is -2.38. The molecule has 0 bridgehead atoms. The van der Waals surface area contributed by atoms with E-state index in [0.717, 1.165) is 11.3 Å². The van der Waals surface area contributed by atoms with Crippen LogP contribution < -0.4 is 0 Å². The van der Waals surface area contributed by atoms with Crippen LogP contribution in [-0.2, 0) is 23.0 Å². The summed E-state index contributed by atoms with van der Waals surface area (Å²) in [4.78, 5) is 18.7. The molecule has 2 aromatic rings. The molecule has 0 unspecified atom stereocenters. The van der Waals surface area contributed by atoms with E-state index in [4.69, 9.17) is 16.3 Å². The SMILES string of the molecule is C[C@@H]1CO[C@@H](c2ccccc2Cl)CN1C(=O)CCc1cncn1C. The van der Waals surface area contributed by atoms with Crippen molar-refractivity contribution in [2.24, 2.45) is 7.05 Å². The number of benzene rings is 1. The number of aromatic nitrogens is 2. The van der Waals surface area contributed by atoms with Crippen molar-refractivity contribution in [3.8, 4) is 0 Å². The average Bonchev–Trinajstić information content (AvgIpc) is 2.99. The van der Waals surface area contributed by atoms with Crippen molar-refractivity contribution in [3.05, 3.63) is 53.1 Å². The number of halogens is 1. The molecule has 1 aliphatic heterocycles. The lowest BCUT2D eigenvalue weighted by atomic mass is 10.1. The van der Waals surface area contributed by atoms with Gasteiger partial charge in [0.25, 0.3) is 0 Å². The second-order valence-electron chi connectivity index (χ2n) is 6.23. The average molecular weight is 348 g/mol. The summed E-state index contributed by atoms with van der Waals surface area (Å²) in [7, 11) is 1.94. The molecule has 1 aliphatic rings. The van der Waals surface area contributed by atoms with Gasteiger partial charge in [0, 0.05) is 35.9 Å². The number of carbonyl (C=O) groups is 1. The molecule has 6 heteroatoms. The molecule has 5 nitrogen and oxygen atoms in total. The van der Waals surface area contributed by atoms with Crippen LogP contribution in [0.15, 0.2) is 36.8 Å². The number of rotatable bonds is 4. The standard InChI is InChI=1S/C18H22ClN3O2/c1-13-11-24-17(15-5-3-4-6-16(15)19)10-22(13)18(23)8-7-14-9-20-12-21(14)2/h3-6,9,12-13,17H,7-8,10-11H2,1-2H3/t13-,17-/m1/s1. The molecule has 24 heavy (non-hydrogen) atoms. The molecule has 0 saturated carbocycles. The van der Waals surface area contributed by atoms with E-state index in [0.29, 0.717) is 31.0 Å². The fourth-order valence-electron chi connectivity index (χ4n) is 3.03. The summed E-state index contributed by atoms with van der Waals surface area (Å²) in [6, 6.07) is 7.72. The minimum Gasteiger partial charge on any atom is -0.369 e. The highest BCUT2D eigenvalue weighted by molar-refractivity contribution is 6.31. The molecule has 0 spiro atoms. The molecule has 0 N–H and O–H groups in total. The summed E-state index contributed by atoms with van der Waals surface area (Å²) < 4.78 is 7.86. The van der Waals surface area contributed by atoms with Gasteiger partial charge >= 0.3 is 0 Å². The van der Waals surface area contributed by atoms with E-state index in [1.54, 1.807) is 6.33 Å². The van der Waals surface area contributed by atoms with Crippen LogP contribution in [0.25, 0.3) is 0 Å². The van der Waals surface area contributed by atoms with Crippen LogP contribution in [0.4, 0.5) is 0 Å². The maximum absolute atomic E-state index is 12.7. The minimum atomic E-state index is -0.171. The first-order valence-electron chi connectivity index (χ1n) is 8.17. The summed E-state index contributed by atoms with van der Waals surface area (Å²) in [5.74, 6) is 0.143. The highest BCUT2D eigenvalue weighted by Gasteiger charge is 2.31. The molecule has 1 aromatic heterocycles. The van der Waals surface area contributed by atoms with Crippen molar-refractivity contribution in [2.75, 3.05) is 13.2 Å². The van der Waals surface area contributed by atoms with Crippen molar-refractivity contribution in [2.45, 2.75) is 31.9 Å². The molecule has 1 saturated heterocycles. The van der Waals surface area contributed by atoms with Crippen LogP contribution in [0, 0.1) is 0 Å². The van der Waals surface area contributed by atoms with Gasteiger partial charge in [-0.15, -0.1) is 0 Å². The van der Waals surface area contributed by atoms with Gasteiger partial charge in [0.05, 0.1) is 25.5 Å². The van der Waals surface area contributed by atoms with Gasteiger partial charge < -0.3 is 14.2 Å². The van der Waals surface area contributed by atoms with Gasteiger partial charge in [-0.05, 0) is 19.4 Å². The summed E-state index contributed by atoms with van der Waals surface area (Å²) in [5, 5.41) is 0.680. The fraction of sp³-hybridized carbons (Fsp3) is 0.444. The molecule has 1 aromatic carbocycles. The number of nitrogens with zero attached hydrogens (tertiary/aromatic N) is 3. The number of amides is 1. The summed E-state index contributed by atoms with van der Waals surface area (Å²) in [6.45, 7) is 3.08. The van der Waals surface area contributed by atoms with E-state index in [9.17, 15) is 4.79 Å². The maximum atomic E-state index is 12.7. The van der Waals surface area contributed by atoms with Crippen LogP contribution in [0.3, 0.4) is 0 Å². The zero-order chi connectivity index (χ0) is 17.1. The zero-order valence-corrected chi connectivity index (χ0v) is 14.7. The Bertz CT molecular complexity index is 716. The second-order valence-corrected chi connectivity index (χ2v) is 6.64. The summed E-state index contributed by atoms with van der Waals surface area (Å²) >= 11 is 6.27. The topological polar surface area (TPSA) is 47.4 Å². The highest BCUT2D eigenvalue weighted by Crippen LogP contribution is 2.30. The Kier molecular flexibility index (Phi) is 5.21. The Morgan fingerprint density at radius 3 is 2.92 bits per heavy atom. The first-order chi connectivity index (χ1) is 11.6. The van der Waals surface area contributed by atoms with E-state index in [1.165, 1.54) is 0 Å². The van der Waals surface area contributed by atoms with Crippen LogP contribution in [0.5, 0.6) is 0 Å². The first-order valence-corrected chi connectivity index (χ1v) is 8.54. The van der Waals surface area contributed by atoms with E-state index in [-0.39, 0.29) is 18.1 Å². The van der Waals surface area contributed by atoms with Gasteiger partial charge in [-0.25, -0.2) is 4.98 Å². The second kappa shape index (κ2) is 7.36. The Hall–Kier alpha value is -1.85. The first kappa shape index (κ1) is 17.0. The molecule has 1 fully saturated rings. The maximum Gasteiger partial charge on any atom is 0.223 e. The number of hydrogen-bond donors (Lipinski definition) is 0. The lowest BCUT2D eigenvalue weighted by Crippen LogP contribution is -2.48. The molecular formula is C18H22ClN3O2. The smallest absolute Gasteiger partial charge is 0.223 e. The van der Waals surface area contributed by atoms with Crippen molar-refractivity contribution in [1.29, 1.82) is 0 Å². The van der Waals surface area contributed by atoms with Gasteiger partial charge in [0.15, 0.2) is 0 Å². The fourth-order valence-corrected chi connectivity index (χ4v) is 3.29. The minimum absolute atomic E-state index is 0.0720. The quantitative estimate of drug-likeness (QED) is 0.854. The normalized spacial score (nSPS) is 21.0. The van der Waals surface area contributed by atoms with Gasteiger partial charge in [-0.3, -0.25) is 4.79 Å². The largest absolute Gasteiger partial charge is 0.369 e. The van der Waals surface area contributed by atoms with Crippen LogP contribution in [0.2, 0.25) is 5.02 Å². The van der Waals surface area contributed by atoms with Crippen molar-refractivity contribution < 1.29 is 9.53 Å². The van der Waals surface area contributed by atoms with Crippen LogP contribution in [-0.4, -0.2) is 39.6 Å². The summed E-state index contributed by atoms with van der Waals surface area (Å²) in [6.07, 6.45) is 4.55. The molecule has 1 amide bonds. The van der Waals surface area contributed by atoms with Crippen molar-refractivity contribution >= 4 is 17.5 Å². The van der Waals surface area contributed by atoms with Crippen LogP contribution >= 0.6 is 11.6 Å². The Balaban J connectivity index is 1.66.